The van der Waals surface area contributed by atoms with Gasteiger partial charge in [-0.3, -0.25) is 4.79 Å². The molecule has 2 aromatic rings. The lowest BCUT2D eigenvalue weighted by atomic mass is 9.82. The SMILES string of the molecule is O=C(c1ccc(Cl)cc1)C1CCCc2sccc21. The first-order valence-corrected chi connectivity index (χ1v) is 7.37. The lowest BCUT2D eigenvalue weighted by Gasteiger charge is -2.21. The second-order valence-electron chi connectivity index (χ2n) is 4.62. The maximum absolute atomic E-state index is 12.5. The predicted octanol–water partition coefficient (Wildman–Crippen LogP) is 4.70. The van der Waals surface area contributed by atoms with Gasteiger partial charge in [-0.1, -0.05) is 11.6 Å². The average molecular weight is 277 g/mol. The summed E-state index contributed by atoms with van der Waals surface area (Å²) in [4.78, 5) is 13.9. The molecule has 0 spiro atoms. The number of carbonyl (C=O) groups excluding carboxylic acids is 1. The van der Waals surface area contributed by atoms with Gasteiger partial charge >= 0.3 is 0 Å². The number of Topliss-reactive ketones (excluding diaryl/α,β-unsaturated/α-hetero) is 1. The van der Waals surface area contributed by atoms with Crippen molar-refractivity contribution in [1.29, 1.82) is 0 Å². The van der Waals surface area contributed by atoms with Crippen molar-refractivity contribution < 1.29 is 4.79 Å². The van der Waals surface area contributed by atoms with Gasteiger partial charge in [0.05, 0.1) is 0 Å². The monoisotopic (exact) mass is 276 g/mol. The third-order valence-corrected chi connectivity index (χ3v) is 4.75. The van der Waals surface area contributed by atoms with Crippen molar-refractivity contribution in [3.63, 3.8) is 0 Å². The fourth-order valence-electron chi connectivity index (χ4n) is 2.57. The van der Waals surface area contributed by atoms with E-state index >= 15 is 0 Å². The summed E-state index contributed by atoms with van der Waals surface area (Å²) in [7, 11) is 0. The number of carbonyl (C=O) groups is 1. The van der Waals surface area contributed by atoms with E-state index in [1.165, 1.54) is 10.4 Å². The van der Waals surface area contributed by atoms with Gasteiger partial charge in [-0.2, -0.15) is 0 Å². The molecule has 0 saturated heterocycles. The van der Waals surface area contributed by atoms with E-state index < -0.39 is 0 Å². The molecular formula is C15H13ClOS. The molecule has 1 nitrogen and oxygen atoms in total. The Balaban J connectivity index is 1.93. The number of hydrogen-bond donors (Lipinski definition) is 0. The Morgan fingerprint density at radius 3 is 2.78 bits per heavy atom. The second-order valence-corrected chi connectivity index (χ2v) is 6.05. The highest BCUT2D eigenvalue weighted by atomic mass is 35.5. The highest BCUT2D eigenvalue weighted by Crippen LogP contribution is 2.36. The van der Waals surface area contributed by atoms with Crippen LogP contribution in [0.2, 0.25) is 5.02 Å². The summed E-state index contributed by atoms with van der Waals surface area (Å²) in [5.74, 6) is 0.271. The van der Waals surface area contributed by atoms with E-state index in [0.717, 1.165) is 24.8 Å². The number of fused-ring (bicyclic) bond motifs is 1. The van der Waals surface area contributed by atoms with Crippen molar-refractivity contribution in [3.8, 4) is 0 Å². The largest absolute Gasteiger partial charge is 0.293 e. The Bertz CT molecular complexity index is 570. The minimum Gasteiger partial charge on any atom is -0.293 e. The van der Waals surface area contributed by atoms with Crippen molar-refractivity contribution in [2.45, 2.75) is 25.2 Å². The van der Waals surface area contributed by atoms with Gasteiger partial charge in [-0.25, -0.2) is 0 Å². The highest BCUT2D eigenvalue weighted by Gasteiger charge is 2.27. The quantitative estimate of drug-likeness (QED) is 0.727. The number of benzene rings is 1. The molecule has 1 aliphatic rings. The van der Waals surface area contributed by atoms with Gasteiger partial charge in [-0.15, -0.1) is 11.3 Å². The van der Waals surface area contributed by atoms with Gasteiger partial charge in [0.15, 0.2) is 5.78 Å². The van der Waals surface area contributed by atoms with E-state index in [0.29, 0.717) is 5.02 Å². The summed E-state index contributed by atoms with van der Waals surface area (Å²) < 4.78 is 0. The molecule has 0 bridgehead atoms. The van der Waals surface area contributed by atoms with Crippen LogP contribution in [0.3, 0.4) is 0 Å². The minimum absolute atomic E-state index is 0.0428. The molecule has 0 N–H and O–H groups in total. The van der Waals surface area contributed by atoms with Crippen LogP contribution in [-0.4, -0.2) is 5.78 Å². The summed E-state index contributed by atoms with van der Waals surface area (Å²) >= 11 is 7.63. The Hall–Kier alpha value is -1.12. The molecule has 1 aromatic carbocycles. The number of aryl methyl sites for hydroxylation is 1. The molecule has 1 aliphatic carbocycles. The molecule has 92 valence electrons. The standard InChI is InChI=1S/C15H13ClOS/c16-11-6-4-10(5-7-11)15(17)13-2-1-3-14-12(13)8-9-18-14/h4-9,13H,1-3H2. The van der Waals surface area contributed by atoms with E-state index in [4.69, 9.17) is 11.6 Å². The average Bonchev–Trinajstić information content (AvgIpc) is 2.87. The Morgan fingerprint density at radius 1 is 1.22 bits per heavy atom. The number of ketones is 1. The molecule has 1 heterocycles. The van der Waals surface area contributed by atoms with E-state index in [1.54, 1.807) is 23.5 Å². The molecule has 3 heteroatoms. The van der Waals surface area contributed by atoms with Crippen LogP contribution in [0.25, 0.3) is 0 Å². The van der Waals surface area contributed by atoms with Gasteiger partial charge in [0, 0.05) is 21.4 Å². The molecule has 0 radical (unpaired) electrons. The topological polar surface area (TPSA) is 17.1 Å². The zero-order chi connectivity index (χ0) is 12.5. The van der Waals surface area contributed by atoms with Gasteiger partial charge in [0.1, 0.15) is 0 Å². The fraction of sp³-hybridized carbons (Fsp3) is 0.267. The lowest BCUT2D eigenvalue weighted by molar-refractivity contribution is 0.0951. The molecule has 0 saturated carbocycles. The maximum atomic E-state index is 12.5. The minimum atomic E-state index is 0.0428. The van der Waals surface area contributed by atoms with Crippen LogP contribution in [0.4, 0.5) is 0 Å². The van der Waals surface area contributed by atoms with E-state index in [9.17, 15) is 4.79 Å². The van der Waals surface area contributed by atoms with Crippen LogP contribution < -0.4 is 0 Å². The van der Waals surface area contributed by atoms with Crippen molar-refractivity contribution >= 4 is 28.7 Å². The molecule has 1 aromatic heterocycles. The summed E-state index contributed by atoms with van der Waals surface area (Å²) in [5.41, 5.74) is 2.01. The highest BCUT2D eigenvalue weighted by molar-refractivity contribution is 7.10. The van der Waals surface area contributed by atoms with Crippen molar-refractivity contribution in [2.75, 3.05) is 0 Å². The molecule has 0 aliphatic heterocycles. The Labute approximate surface area is 115 Å². The molecule has 0 amide bonds. The van der Waals surface area contributed by atoms with Crippen LogP contribution in [0.5, 0.6) is 0 Å². The van der Waals surface area contributed by atoms with Crippen molar-refractivity contribution in [2.24, 2.45) is 0 Å². The van der Waals surface area contributed by atoms with Crippen LogP contribution in [0, 0.1) is 0 Å². The maximum Gasteiger partial charge on any atom is 0.170 e. The van der Waals surface area contributed by atoms with Crippen LogP contribution in [0.1, 0.15) is 39.6 Å². The Kier molecular flexibility index (Phi) is 3.23. The summed E-state index contributed by atoms with van der Waals surface area (Å²) in [6.45, 7) is 0. The molecule has 0 fully saturated rings. The third-order valence-electron chi connectivity index (χ3n) is 3.50. The van der Waals surface area contributed by atoms with Crippen molar-refractivity contribution in [3.05, 3.63) is 56.7 Å². The zero-order valence-corrected chi connectivity index (χ0v) is 11.4. The summed E-state index contributed by atoms with van der Waals surface area (Å²) in [6, 6.07) is 9.33. The van der Waals surface area contributed by atoms with E-state index in [1.807, 2.05) is 12.1 Å². The zero-order valence-electron chi connectivity index (χ0n) is 9.86. The van der Waals surface area contributed by atoms with Crippen LogP contribution in [0.15, 0.2) is 35.7 Å². The first kappa shape index (κ1) is 11.9. The smallest absolute Gasteiger partial charge is 0.170 e. The number of halogens is 1. The van der Waals surface area contributed by atoms with Crippen molar-refractivity contribution in [1.82, 2.24) is 0 Å². The molecule has 18 heavy (non-hydrogen) atoms. The van der Waals surface area contributed by atoms with Crippen LogP contribution in [-0.2, 0) is 6.42 Å². The molecular weight excluding hydrogens is 264 g/mol. The number of hydrogen-bond acceptors (Lipinski definition) is 2. The third kappa shape index (κ3) is 2.11. The molecule has 1 unspecified atom stereocenters. The van der Waals surface area contributed by atoms with Gasteiger partial charge in [-0.05, 0) is 60.5 Å². The van der Waals surface area contributed by atoms with Gasteiger partial charge < -0.3 is 0 Å². The van der Waals surface area contributed by atoms with E-state index in [2.05, 4.69) is 11.4 Å². The lowest BCUT2D eigenvalue weighted by Crippen LogP contribution is -2.17. The summed E-state index contributed by atoms with van der Waals surface area (Å²) in [6.07, 6.45) is 3.19. The molecule has 3 rings (SSSR count). The van der Waals surface area contributed by atoms with E-state index in [-0.39, 0.29) is 11.7 Å². The second kappa shape index (κ2) is 4.87. The van der Waals surface area contributed by atoms with Crippen LogP contribution >= 0.6 is 22.9 Å². The molecule has 1 atom stereocenters. The fourth-order valence-corrected chi connectivity index (χ4v) is 3.69. The van der Waals surface area contributed by atoms with Gasteiger partial charge in [0.2, 0.25) is 0 Å². The number of rotatable bonds is 2. The Morgan fingerprint density at radius 2 is 2.00 bits per heavy atom. The van der Waals surface area contributed by atoms with Gasteiger partial charge in [0.25, 0.3) is 0 Å². The normalized spacial score (nSPS) is 18.4. The number of thiophene rings is 1. The summed E-state index contributed by atoms with van der Waals surface area (Å²) in [5, 5.41) is 2.77. The first-order valence-electron chi connectivity index (χ1n) is 6.12. The predicted molar refractivity (Wildman–Crippen MR) is 75.8 cm³/mol. The first-order chi connectivity index (χ1) is 8.75.